The zero-order chi connectivity index (χ0) is 10.9. The molecule has 1 aliphatic heterocycles. The van der Waals surface area contributed by atoms with E-state index in [1.54, 1.807) is 5.56 Å². The van der Waals surface area contributed by atoms with Crippen LogP contribution in [0, 0.1) is 6.92 Å². The van der Waals surface area contributed by atoms with Gasteiger partial charge in [-0.2, -0.15) is 0 Å². The van der Waals surface area contributed by atoms with Gasteiger partial charge in [0.1, 0.15) is 0 Å². The van der Waals surface area contributed by atoms with Gasteiger partial charge in [-0.25, -0.2) is 0 Å². The average Bonchev–Trinajstić information content (AvgIpc) is 3.02. The minimum absolute atomic E-state index is 0.543. The average molecular weight is 203 g/mol. The molecule has 1 aliphatic carbocycles. The Morgan fingerprint density at radius 3 is 2.60 bits per heavy atom. The van der Waals surface area contributed by atoms with Crippen molar-refractivity contribution in [2.24, 2.45) is 0 Å². The first kappa shape index (κ1) is 10.7. The van der Waals surface area contributed by atoms with Crippen molar-refractivity contribution in [1.29, 1.82) is 0 Å². The lowest BCUT2D eigenvalue weighted by molar-refractivity contribution is 0.531. The van der Waals surface area contributed by atoms with Gasteiger partial charge in [-0.1, -0.05) is 37.6 Å². The van der Waals surface area contributed by atoms with E-state index in [4.69, 9.17) is 0 Å². The second-order valence-corrected chi connectivity index (χ2v) is 4.54. The van der Waals surface area contributed by atoms with E-state index in [1.165, 1.54) is 30.5 Å². The molecule has 1 fully saturated rings. The van der Waals surface area contributed by atoms with Crippen molar-refractivity contribution in [2.75, 3.05) is 6.54 Å². The molecule has 1 N–H and O–H groups in total. The normalized spacial score (nSPS) is 20.2. The Hall–Kier alpha value is -0.820. The van der Waals surface area contributed by atoms with Crippen molar-refractivity contribution in [3.8, 4) is 0 Å². The third-order valence-corrected chi connectivity index (χ3v) is 3.46. The van der Waals surface area contributed by atoms with E-state index in [-0.39, 0.29) is 0 Å². The molecule has 2 aliphatic rings. The molecule has 1 spiro atoms. The quantitative estimate of drug-likeness (QED) is 0.683. The van der Waals surface area contributed by atoms with Gasteiger partial charge in [0.2, 0.25) is 0 Å². The van der Waals surface area contributed by atoms with Crippen LogP contribution in [-0.2, 0) is 12.0 Å². The molecule has 3 rings (SSSR count). The van der Waals surface area contributed by atoms with Crippen LogP contribution >= 0.6 is 0 Å². The van der Waals surface area contributed by atoms with Crippen molar-refractivity contribution in [3.05, 3.63) is 34.9 Å². The summed E-state index contributed by atoms with van der Waals surface area (Å²) in [6.07, 6.45) is 2.77. The van der Waals surface area contributed by atoms with Crippen LogP contribution in [0.4, 0.5) is 0 Å². The Bertz CT molecular complexity index is 350. The van der Waals surface area contributed by atoms with Crippen LogP contribution in [0.15, 0.2) is 18.2 Å². The summed E-state index contributed by atoms with van der Waals surface area (Å²) in [6, 6.07) is 6.93. The van der Waals surface area contributed by atoms with Crippen molar-refractivity contribution < 1.29 is 0 Å². The van der Waals surface area contributed by atoms with Crippen LogP contribution in [0.1, 0.15) is 43.4 Å². The maximum absolute atomic E-state index is 3.52. The monoisotopic (exact) mass is 203 g/mol. The molecule has 15 heavy (non-hydrogen) atoms. The highest BCUT2D eigenvalue weighted by Crippen LogP contribution is 2.50. The maximum atomic E-state index is 3.52. The lowest BCUT2D eigenvalue weighted by Crippen LogP contribution is -2.33. The summed E-state index contributed by atoms with van der Waals surface area (Å²) in [5.74, 6) is 0. The Labute approximate surface area is 92.9 Å². The van der Waals surface area contributed by atoms with Gasteiger partial charge in [-0.15, -0.1) is 0 Å². The first-order chi connectivity index (χ1) is 7.30. The second kappa shape index (κ2) is 3.97. The number of hydrogen-bond acceptors (Lipinski definition) is 1. The fourth-order valence-corrected chi connectivity index (χ4v) is 2.51. The first-order valence-electron chi connectivity index (χ1n) is 6.11. The predicted molar refractivity (Wildman–Crippen MR) is 65.1 cm³/mol. The van der Waals surface area contributed by atoms with E-state index in [2.05, 4.69) is 30.4 Å². The Kier molecular flexibility index (Phi) is 2.83. The molecule has 0 aromatic heterocycles. The highest BCUT2D eigenvalue weighted by atomic mass is 14.9. The number of rotatable bonds is 0. The molecule has 0 saturated heterocycles. The molecule has 1 aromatic rings. The van der Waals surface area contributed by atoms with E-state index in [1.807, 2.05) is 13.8 Å². The molecular weight excluding hydrogens is 182 g/mol. The number of fused-ring (bicyclic) bond motifs is 2. The molecule has 0 bridgehead atoms. The largest absolute Gasteiger partial charge is 0.312 e. The summed E-state index contributed by atoms with van der Waals surface area (Å²) in [4.78, 5) is 0. The Balaban J connectivity index is 0.000000404. The SMILES string of the molecule is CC.Cc1ccc2c(c1)CNCC21CC1. The van der Waals surface area contributed by atoms with Crippen molar-refractivity contribution in [2.45, 2.75) is 45.6 Å². The fraction of sp³-hybridized carbons (Fsp3) is 0.571. The molecule has 1 heterocycles. The van der Waals surface area contributed by atoms with Crippen LogP contribution in [0.2, 0.25) is 0 Å². The third kappa shape index (κ3) is 1.81. The topological polar surface area (TPSA) is 12.0 Å². The summed E-state index contributed by atoms with van der Waals surface area (Å²) < 4.78 is 0. The Morgan fingerprint density at radius 1 is 1.20 bits per heavy atom. The lowest BCUT2D eigenvalue weighted by atomic mass is 9.87. The summed E-state index contributed by atoms with van der Waals surface area (Å²) in [7, 11) is 0. The summed E-state index contributed by atoms with van der Waals surface area (Å²) in [5.41, 5.74) is 5.08. The summed E-state index contributed by atoms with van der Waals surface area (Å²) in [5, 5.41) is 3.52. The molecular formula is C14H21N. The van der Waals surface area contributed by atoms with Crippen molar-refractivity contribution >= 4 is 0 Å². The minimum Gasteiger partial charge on any atom is -0.312 e. The maximum Gasteiger partial charge on any atom is 0.0208 e. The van der Waals surface area contributed by atoms with E-state index >= 15 is 0 Å². The lowest BCUT2D eigenvalue weighted by Gasteiger charge is -2.26. The Morgan fingerprint density at radius 2 is 1.93 bits per heavy atom. The van der Waals surface area contributed by atoms with E-state index in [9.17, 15) is 0 Å². The van der Waals surface area contributed by atoms with E-state index < -0.39 is 0 Å². The predicted octanol–water partition coefficient (Wildman–Crippen LogP) is 3.16. The third-order valence-electron chi connectivity index (χ3n) is 3.46. The van der Waals surface area contributed by atoms with Gasteiger partial charge in [-0.3, -0.25) is 0 Å². The highest BCUT2D eigenvalue weighted by Gasteiger charge is 2.46. The molecule has 0 atom stereocenters. The van der Waals surface area contributed by atoms with Gasteiger partial charge in [0, 0.05) is 18.5 Å². The zero-order valence-corrected chi connectivity index (χ0v) is 10.1. The molecule has 1 saturated carbocycles. The second-order valence-electron chi connectivity index (χ2n) is 4.54. The van der Waals surface area contributed by atoms with Crippen LogP contribution in [-0.4, -0.2) is 6.54 Å². The van der Waals surface area contributed by atoms with Crippen LogP contribution in [0.5, 0.6) is 0 Å². The zero-order valence-electron chi connectivity index (χ0n) is 10.1. The molecule has 1 aromatic carbocycles. The fourth-order valence-electron chi connectivity index (χ4n) is 2.51. The summed E-state index contributed by atoms with van der Waals surface area (Å²) >= 11 is 0. The van der Waals surface area contributed by atoms with Gasteiger partial charge >= 0.3 is 0 Å². The van der Waals surface area contributed by atoms with Crippen LogP contribution in [0.25, 0.3) is 0 Å². The molecule has 0 radical (unpaired) electrons. The van der Waals surface area contributed by atoms with E-state index in [0.717, 1.165) is 6.54 Å². The standard InChI is InChI=1S/C12H15N.C2H6/c1-9-2-3-11-10(6-9)7-13-8-12(11)4-5-12;1-2/h2-3,6,13H,4-5,7-8H2,1H3;1-2H3. The smallest absolute Gasteiger partial charge is 0.0208 e. The van der Waals surface area contributed by atoms with Gasteiger partial charge in [0.15, 0.2) is 0 Å². The van der Waals surface area contributed by atoms with Gasteiger partial charge < -0.3 is 5.32 Å². The number of nitrogens with one attached hydrogen (secondary N) is 1. The molecule has 82 valence electrons. The van der Waals surface area contributed by atoms with Crippen LogP contribution in [0.3, 0.4) is 0 Å². The highest BCUT2D eigenvalue weighted by molar-refractivity contribution is 5.43. The first-order valence-corrected chi connectivity index (χ1v) is 6.11. The molecule has 0 unspecified atom stereocenters. The molecule has 0 amide bonds. The van der Waals surface area contributed by atoms with Gasteiger partial charge in [0.25, 0.3) is 0 Å². The van der Waals surface area contributed by atoms with Crippen LogP contribution < -0.4 is 5.32 Å². The van der Waals surface area contributed by atoms with Crippen molar-refractivity contribution in [1.82, 2.24) is 5.32 Å². The van der Waals surface area contributed by atoms with E-state index in [0.29, 0.717) is 5.41 Å². The molecule has 1 heteroatoms. The van der Waals surface area contributed by atoms with Gasteiger partial charge in [0.05, 0.1) is 0 Å². The summed E-state index contributed by atoms with van der Waals surface area (Å²) in [6.45, 7) is 8.44. The number of hydrogen-bond donors (Lipinski definition) is 1. The van der Waals surface area contributed by atoms with Gasteiger partial charge in [-0.05, 0) is 30.9 Å². The molecule has 1 nitrogen and oxygen atoms in total. The minimum atomic E-state index is 0.543. The number of aryl methyl sites for hydroxylation is 1. The number of benzene rings is 1. The van der Waals surface area contributed by atoms with Crippen molar-refractivity contribution in [3.63, 3.8) is 0 Å².